The van der Waals surface area contributed by atoms with E-state index in [9.17, 15) is 0 Å². The second-order valence-corrected chi connectivity index (χ2v) is 6.16. The number of nitrogens with one attached hydrogen (secondary N) is 2. The molecule has 0 spiro atoms. The molecule has 4 heterocycles. The summed E-state index contributed by atoms with van der Waals surface area (Å²) in [6, 6.07) is 5.85. The number of fused-ring (bicyclic) bond motifs is 1. The molecule has 0 atom stereocenters. The van der Waals surface area contributed by atoms with Gasteiger partial charge in [0, 0.05) is 32.1 Å². The van der Waals surface area contributed by atoms with Crippen LogP contribution in [0.4, 0.5) is 0 Å². The van der Waals surface area contributed by atoms with Gasteiger partial charge in [-0.2, -0.15) is 5.10 Å². The van der Waals surface area contributed by atoms with Gasteiger partial charge < -0.3 is 14.3 Å². The molecule has 0 aliphatic carbocycles. The summed E-state index contributed by atoms with van der Waals surface area (Å²) in [7, 11) is 0. The average Bonchev–Trinajstić information content (AvgIpc) is 3.31. The SMILES string of the molecule is c1cc(-c2ccc(CNCCc3nnc4n3CCCCC4)o2)[nH]n1. The molecule has 0 aromatic carbocycles. The van der Waals surface area contributed by atoms with Crippen LogP contribution in [0.2, 0.25) is 0 Å². The molecule has 0 fully saturated rings. The highest BCUT2D eigenvalue weighted by Crippen LogP contribution is 2.19. The van der Waals surface area contributed by atoms with Gasteiger partial charge in [-0.05, 0) is 31.0 Å². The summed E-state index contributed by atoms with van der Waals surface area (Å²) >= 11 is 0. The number of furan rings is 1. The Balaban J connectivity index is 1.29. The van der Waals surface area contributed by atoms with Crippen LogP contribution in [0.5, 0.6) is 0 Å². The molecule has 0 bridgehead atoms. The summed E-state index contributed by atoms with van der Waals surface area (Å²) in [6.07, 6.45) is 7.42. The second-order valence-electron chi connectivity index (χ2n) is 6.16. The topological polar surface area (TPSA) is 84.6 Å². The highest BCUT2D eigenvalue weighted by Gasteiger charge is 2.14. The van der Waals surface area contributed by atoms with Crippen LogP contribution in [-0.4, -0.2) is 31.5 Å². The van der Waals surface area contributed by atoms with Crippen molar-refractivity contribution in [2.45, 2.75) is 45.2 Å². The van der Waals surface area contributed by atoms with Gasteiger partial charge in [0.2, 0.25) is 0 Å². The van der Waals surface area contributed by atoms with Crippen LogP contribution >= 0.6 is 0 Å². The van der Waals surface area contributed by atoms with Gasteiger partial charge in [-0.25, -0.2) is 0 Å². The molecule has 0 radical (unpaired) electrons. The molecular formula is C17H22N6O. The van der Waals surface area contributed by atoms with E-state index in [1.807, 2.05) is 18.2 Å². The minimum Gasteiger partial charge on any atom is -0.458 e. The Kier molecular flexibility index (Phi) is 4.42. The number of aryl methyl sites for hydroxylation is 1. The summed E-state index contributed by atoms with van der Waals surface area (Å²) in [5, 5.41) is 19.0. The monoisotopic (exact) mass is 326 g/mol. The minimum atomic E-state index is 0.704. The number of rotatable bonds is 6. The van der Waals surface area contributed by atoms with Crippen molar-refractivity contribution < 1.29 is 4.42 Å². The molecule has 0 saturated heterocycles. The molecule has 7 heteroatoms. The molecule has 0 unspecified atom stereocenters. The fourth-order valence-corrected chi connectivity index (χ4v) is 3.15. The van der Waals surface area contributed by atoms with E-state index in [0.29, 0.717) is 6.54 Å². The maximum Gasteiger partial charge on any atom is 0.152 e. The highest BCUT2D eigenvalue weighted by molar-refractivity contribution is 5.51. The van der Waals surface area contributed by atoms with Gasteiger partial charge in [-0.3, -0.25) is 5.10 Å². The Morgan fingerprint density at radius 2 is 2.17 bits per heavy atom. The van der Waals surface area contributed by atoms with Crippen LogP contribution < -0.4 is 5.32 Å². The van der Waals surface area contributed by atoms with E-state index >= 15 is 0 Å². The second kappa shape index (κ2) is 7.00. The highest BCUT2D eigenvalue weighted by atomic mass is 16.3. The maximum absolute atomic E-state index is 5.81. The van der Waals surface area contributed by atoms with E-state index in [4.69, 9.17) is 4.42 Å². The quantitative estimate of drug-likeness (QED) is 0.679. The number of aromatic amines is 1. The van der Waals surface area contributed by atoms with Crippen molar-refractivity contribution in [3.8, 4) is 11.5 Å². The zero-order valence-corrected chi connectivity index (χ0v) is 13.7. The smallest absolute Gasteiger partial charge is 0.152 e. The third-order valence-corrected chi connectivity index (χ3v) is 4.44. The van der Waals surface area contributed by atoms with Gasteiger partial charge in [0.25, 0.3) is 0 Å². The zero-order chi connectivity index (χ0) is 16.2. The van der Waals surface area contributed by atoms with Crippen LogP contribution in [0.25, 0.3) is 11.5 Å². The molecule has 24 heavy (non-hydrogen) atoms. The molecule has 1 aliphatic heterocycles. The van der Waals surface area contributed by atoms with Crippen LogP contribution in [0.3, 0.4) is 0 Å². The Labute approximate surface area is 140 Å². The molecule has 4 rings (SSSR count). The lowest BCUT2D eigenvalue weighted by Gasteiger charge is -2.07. The molecule has 0 amide bonds. The number of nitrogens with zero attached hydrogens (tertiary/aromatic N) is 4. The van der Waals surface area contributed by atoms with Gasteiger partial charge in [-0.1, -0.05) is 6.42 Å². The molecule has 3 aromatic rings. The number of hydrogen-bond acceptors (Lipinski definition) is 5. The third-order valence-electron chi connectivity index (χ3n) is 4.44. The maximum atomic E-state index is 5.81. The largest absolute Gasteiger partial charge is 0.458 e. The predicted octanol–water partition coefficient (Wildman–Crippen LogP) is 2.32. The van der Waals surface area contributed by atoms with E-state index in [0.717, 1.165) is 54.8 Å². The Hall–Kier alpha value is -2.41. The van der Waals surface area contributed by atoms with Crippen molar-refractivity contribution in [1.29, 1.82) is 0 Å². The first kappa shape index (κ1) is 15.1. The first-order valence-electron chi connectivity index (χ1n) is 8.60. The van der Waals surface area contributed by atoms with Gasteiger partial charge in [0.15, 0.2) is 5.76 Å². The van der Waals surface area contributed by atoms with Crippen molar-refractivity contribution >= 4 is 0 Å². The van der Waals surface area contributed by atoms with Crippen molar-refractivity contribution in [2.75, 3.05) is 6.54 Å². The molecular weight excluding hydrogens is 304 g/mol. The summed E-state index contributed by atoms with van der Waals surface area (Å²) < 4.78 is 8.11. The van der Waals surface area contributed by atoms with Crippen LogP contribution in [-0.2, 0) is 25.9 Å². The standard InChI is InChI=1S/C17H22N6O/c1-2-4-16-21-22-17(23(16)11-3-1)8-9-18-12-13-5-6-15(24-13)14-7-10-19-20-14/h5-7,10,18H,1-4,8-9,11-12H2,(H,19,20). The van der Waals surface area contributed by atoms with Crippen molar-refractivity contribution in [1.82, 2.24) is 30.3 Å². The number of H-pyrrole nitrogens is 1. The van der Waals surface area contributed by atoms with Crippen molar-refractivity contribution in [3.63, 3.8) is 0 Å². The summed E-state index contributed by atoms with van der Waals surface area (Å²) in [5.74, 6) is 3.97. The zero-order valence-electron chi connectivity index (χ0n) is 13.7. The minimum absolute atomic E-state index is 0.704. The van der Waals surface area contributed by atoms with E-state index in [1.165, 1.54) is 19.3 Å². The average molecular weight is 326 g/mol. The van der Waals surface area contributed by atoms with Gasteiger partial charge in [-0.15, -0.1) is 10.2 Å². The normalized spacial score (nSPS) is 14.5. The first-order valence-corrected chi connectivity index (χ1v) is 8.60. The van der Waals surface area contributed by atoms with E-state index in [1.54, 1.807) is 6.20 Å². The third kappa shape index (κ3) is 3.26. The Morgan fingerprint density at radius 3 is 3.08 bits per heavy atom. The van der Waals surface area contributed by atoms with Crippen LogP contribution in [0.1, 0.15) is 36.7 Å². The molecule has 126 valence electrons. The van der Waals surface area contributed by atoms with Crippen molar-refractivity contribution in [3.05, 3.63) is 41.8 Å². The Morgan fingerprint density at radius 1 is 1.17 bits per heavy atom. The first-order chi connectivity index (χ1) is 11.9. The van der Waals surface area contributed by atoms with E-state index in [-0.39, 0.29) is 0 Å². The van der Waals surface area contributed by atoms with Gasteiger partial charge in [0.05, 0.1) is 6.54 Å². The lowest BCUT2D eigenvalue weighted by molar-refractivity contribution is 0.490. The van der Waals surface area contributed by atoms with E-state index in [2.05, 4.69) is 30.3 Å². The number of aromatic nitrogens is 5. The van der Waals surface area contributed by atoms with Crippen LogP contribution in [0, 0.1) is 0 Å². The summed E-state index contributed by atoms with van der Waals surface area (Å²) in [6.45, 7) is 2.62. The Bertz CT molecular complexity index is 773. The number of hydrogen-bond donors (Lipinski definition) is 2. The fourth-order valence-electron chi connectivity index (χ4n) is 3.15. The van der Waals surface area contributed by atoms with E-state index < -0.39 is 0 Å². The molecule has 1 aliphatic rings. The molecule has 3 aromatic heterocycles. The van der Waals surface area contributed by atoms with Gasteiger partial charge >= 0.3 is 0 Å². The lowest BCUT2D eigenvalue weighted by Crippen LogP contribution is -2.18. The fraction of sp³-hybridized carbons (Fsp3) is 0.471. The summed E-state index contributed by atoms with van der Waals surface area (Å²) in [5.41, 5.74) is 0.896. The summed E-state index contributed by atoms with van der Waals surface area (Å²) in [4.78, 5) is 0. The molecule has 2 N–H and O–H groups in total. The predicted molar refractivity (Wildman–Crippen MR) is 89.3 cm³/mol. The molecule has 0 saturated carbocycles. The lowest BCUT2D eigenvalue weighted by atomic mass is 10.2. The van der Waals surface area contributed by atoms with Crippen LogP contribution in [0.15, 0.2) is 28.8 Å². The van der Waals surface area contributed by atoms with Gasteiger partial charge in [0.1, 0.15) is 23.1 Å². The molecule has 7 nitrogen and oxygen atoms in total. The van der Waals surface area contributed by atoms with Crippen molar-refractivity contribution in [2.24, 2.45) is 0 Å².